The first-order chi connectivity index (χ1) is 15.6. The van der Waals surface area contributed by atoms with Gasteiger partial charge in [0.25, 0.3) is 0 Å². The lowest BCUT2D eigenvalue weighted by Crippen LogP contribution is -2.48. The van der Waals surface area contributed by atoms with Gasteiger partial charge in [0, 0.05) is 36.5 Å². The third-order valence-corrected chi connectivity index (χ3v) is 7.77. The summed E-state index contributed by atoms with van der Waals surface area (Å²) in [6, 6.07) is 12.3. The molecular formula is C26H28N4O2. The van der Waals surface area contributed by atoms with Gasteiger partial charge in [-0.1, -0.05) is 17.3 Å². The highest BCUT2D eigenvalue weighted by Gasteiger charge is 2.51. The second-order valence-corrected chi connectivity index (χ2v) is 10.1. The van der Waals surface area contributed by atoms with E-state index in [1.54, 1.807) is 12.4 Å². The number of anilines is 1. The van der Waals surface area contributed by atoms with Crippen LogP contribution in [0.3, 0.4) is 0 Å². The maximum atomic E-state index is 12.5. The molecule has 0 spiro atoms. The van der Waals surface area contributed by atoms with Crippen LogP contribution in [-0.2, 0) is 16.6 Å². The second kappa shape index (κ2) is 7.84. The average Bonchev–Trinajstić information content (AvgIpc) is 3.27. The van der Waals surface area contributed by atoms with Gasteiger partial charge in [-0.3, -0.25) is 9.78 Å². The molecule has 7 rings (SSSR count). The molecule has 2 aromatic heterocycles. The lowest BCUT2D eigenvalue weighted by Gasteiger charge is -2.57. The summed E-state index contributed by atoms with van der Waals surface area (Å²) < 4.78 is 5.28. The fraction of sp³-hybridized carbons (Fsp3) is 0.462. The van der Waals surface area contributed by atoms with Crippen molar-refractivity contribution < 1.29 is 9.32 Å². The van der Waals surface area contributed by atoms with E-state index in [1.807, 2.05) is 12.1 Å². The van der Waals surface area contributed by atoms with Crippen LogP contribution in [0.2, 0.25) is 0 Å². The fourth-order valence-electron chi connectivity index (χ4n) is 6.78. The Labute approximate surface area is 187 Å². The average molecular weight is 429 g/mol. The van der Waals surface area contributed by atoms with Crippen molar-refractivity contribution in [3.8, 4) is 11.4 Å². The van der Waals surface area contributed by atoms with Crippen molar-refractivity contribution in [1.29, 1.82) is 0 Å². The molecule has 1 N–H and O–H groups in total. The van der Waals surface area contributed by atoms with Crippen LogP contribution in [0.1, 0.15) is 56.4 Å². The molecule has 6 heteroatoms. The topological polar surface area (TPSA) is 80.9 Å². The molecule has 4 fully saturated rings. The van der Waals surface area contributed by atoms with Gasteiger partial charge in [0.2, 0.25) is 17.6 Å². The SMILES string of the molecule is O=C(CCc1nc(-c2cccnc2)no1)Nc1ccc(C23CC4CC(CC(C4)C2)C3)cc1. The third kappa shape index (κ3) is 3.72. The highest BCUT2D eigenvalue weighted by atomic mass is 16.5. The van der Waals surface area contributed by atoms with E-state index in [4.69, 9.17) is 4.52 Å². The molecule has 4 aliphatic rings. The zero-order chi connectivity index (χ0) is 21.5. The largest absolute Gasteiger partial charge is 0.339 e. The van der Waals surface area contributed by atoms with E-state index in [1.165, 1.54) is 44.1 Å². The van der Waals surface area contributed by atoms with Crippen molar-refractivity contribution in [2.75, 3.05) is 5.32 Å². The first-order valence-corrected chi connectivity index (χ1v) is 11.8. The summed E-state index contributed by atoms with van der Waals surface area (Å²) in [5, 5.41) is 6.99. The maximum Gasteiger partial charge on any atom is 0.227 e. The number of rotatable bonds is 6. The molecule has 0 atom stereocenters. The van der Waals surface area contributed by atoms with E-state index in [0.29, 0.717) is 30.0 Å². The van der Waals surface area contributed by atoms with Crippen LogP contribution in [0.25, 0.3) is 11.4 Å². The van der Waals surface area contributed by atoms with Gasteiger partial charge in [-0.25, -0.2) is 0 Å². The Bertz CT molecular complexity index is 1070. The number of amides is 1. The summed E-state index contributed by atoms with van der Waals surface area (Å²) in [4.78, 5) is 20.9. The molecule has 164 valence electrons. The maximum absolute atomic E-state index is 12.5. The second-order valence-electron chi connectivity index (χ2n) is 10.1. The van der Waals surface area contributed by atoms with Crippen molar-refractivity contribution in [1.82, 2.24) is 15.1 Å². The molecule has 0 saturated heterocycles. The van der Waals surface area contributed by atoms with Crippen LogP contribution < -0.4 is 5.32 Å². The number of aryl methyl sites for hydroxylation is 1. The molecule has 2 heterocycles. The number of nitrogens with zero attached hydrogens (tertiary/aromatic N) is 3. The Morgan fingerprint density at radius 3 is 2.41 bits per heavy atom. The number of nitrogens with one attached hydrogen (secondary N) is 1. The molecule has 1 aromatic carbocycles. The van der Waals surface area contributed by atoms with Gasteiger partial charge in [-0.15, -0.1) is 0 Å². The first kappa shape index (κ1) is 19.6. The monoisotopic (exact) mass is 428 g/mol. The zero-order valence-corrected chi connectivity index (χ0v) is 18.2. The lowest BCUT2D eigenvalue weighted by atomic mass is 9.48. The minimum atomic E-state index is -0.0475. The van der Waals surface area contributed by atoms with E-state index >= 15 is 0 Å². The van der Waals surface area contributed by atoms with Crippen LogP contribution in [0.15, 0.2) is 53.3 Å². The van der Waals surface area contributed by atoms with E-state index in [0.717, 1.165) is 29.0 Å². The summed E-state index contributed by atoms with van der Waals surface area (Å²) in [6.45, 7) is 0. The van der Waals surface area contributed by atoms with Crippen LogP contribution in [-0.4, -0.2) is 21.0 Å². The van der Waals surface area contributed by atoms with Gasteiger partial charge >= 0.3 is 0 Å². The molecule has 1 amide bonds. The van der Waals surface area contributed by atoms with E-state index in [-0.39, 0.29) is 5.91 Å². The highest BCUT2D eigenvalue weighted by Crippen LogP contribution is 2.60. The summed E-state index contributed by atoms with van der Waals surface area (Å²) in [5.74, 6) is 3.70. The third-order valence-electron chi connectivity index (χ3n) is 7.77. The standard InChI is InChI=1S/C26H28N4O2/c31-23(7-8-24-29-25(30-32-24)20-2-1-9-27-16-20)28-22-5-3-21(4-6-22)26-13-17-10-18(14-26)12-19(11-17)15-26/h1-6,9,16-19H,7-8,10-15H2,(H,28,31). The van der Waals surface area contributed by atoms with Crippen molar-refractivity contribution in [2.45, 2.75) is 56.8 Å². The van der Waals surface area contributed by atoms with Gasteiger partial charge in [0.1, 0.15) is 0 Å². The molecule has 4 aliphatic carbocycles. The smallest absolute Gasteiger partial charge is 0.227 e. The highest BCUT2D eigenvalue weighted by molar-refractivity contribution is 5.90. The van der Waals surface area contributed by atoms with Crippen molar-refractivity contribution in [3.63, 3.8) is 0 Å². The van der Waals surface area contributed by atoms with Crippen LogP contribution in [0.5, 0.6) is 0 Å². The Morgan fingerprint density at radius 2 is 1.75 bits per heavy atom. The van der Waals surface area contributed by atoms with Crippen molar-refractivity contribution in [3.05, 3.63) is 60.2 Å². The minimum Gasteiger partial charge on any atom is -0.339 e. The van der Waals surface area contributed by atoms with Gasteiger partial charge in [0.15, 0.2) is 0 Å². The van der Waals surface area contributed by atoms with Crippen molar-refractivity contribution in [2.24, 2.45) is 17.8 Å². The molecule has 0 radical (unpaired) electrons. The molecule has 4 saturated carbocycles. The van der Waals surface area contributed by atoms with Gasteiger partial charge in [-0.2, -0.15) is 4.98 Å². The number of carbonyl (C=O) groups is 1. The summed E-state index contributed by atoms with van der Waals surface area (Å²) >= 11 is 0. The molecule has 4 bridgehead atoms. The quantitative estimate of drug-likeness (QED) is 0.586. The van der Waals surface area contributed by atoms with Crippen LogP contribution in [0.4, 0.5) is 5.69 Å². The van der Waals surface area contributed by atoms with Gasteiger partial charge in [0.05, 0.1) is 0 Å². The molecule has 0 aliphatic heterocycles. The number of aromatic nitrogens is 3. The Hall–Kier alpha value is -3.02. The molecular weight excluding hydrogens is 400 g/mol. The Kier molecular flexibility index (Phi) is 4.81. The predicted molar refractivity (Wildman–Crippen MR) is 121 cm³/mol. The molecule has 3 aromatic rings. The predicted octanol–water partition coefficient (Wildman–Crippen LogP) is 5.17. The van der Waals surface area contributed by atoms with E-state index in [2.05, 4.69) is 44.7 Å². The zero-order valence-electron chi connectivity index (χ0n) is 18.2. The summed E-state index contributed by atoms with van der Waals surface area (Å²) in [5.41, 5.74) is 3.51. The number of carbonyl (C=O) groups excluding carboxylic acids is 1. The van der Waals surface area contributed by atoms with Crippen LogP contribution >= 0.6 is 0 Å². The number of hydrogen-bond donors (Lipinski definition) is 1. The summed E-state index contributed by atoms with van der Waals surface area (Å²) in [6.07, 6.45) is 12.5. The van der Waals surface area contributed by atoms with Crippen LogP contribution in [0, 0.1) is 17.8 Å². The minimum absolute atomic E-state index is 0.0475. The Balaban J connectivity index is 1.06. The molecule has 32 heavy (non-hydrogen) atoms. The normalized spacial score (nSPS) is 28.1. The number of benzene rings is 1. The fourth-order valence-corrected chi connectivity index (χ4v) is 6.78. The van der Waals surface area contributed by atoms with E-state index in [9.17, 15) is 4.79 Å². The summed E-state index contributed by atoms with van der Waals surface area (Å²) in [7, 11) is 0. The van der Waals surface area contributed by atoms with Crippen molar-refractivity contribution >= 4 is 11.6 Å². The number of hydrogen-bond acceptors (Lipinski definition) is 5. The first-order valence-electron chi connectivity index (χ1n) is 11.8. The van der Waals surface area contributed by atoms with Gasteiger partial charge < -0.3 is 9.84 Å². The van der Waals surface area contributed by atoms with E-state index < -0.39 is 0 Å². The molecule has 6 nitrogen and oxygen atoms in total. The Morgan fingerprint density at radius 1 is 1.03 bits per heavy atom. The lowest BCUT2D eigenvalue weighted by molar-refractivity contribution is -0.116. The number of pyridine rings is 1. The molecule has 0 unspecified atom stereocenters. The van der Waals surface area contributed by atoms with Gasteiger partial charge in [-0.05, 0) is 91.5 Å².